The molecule has 0 spiro atoms. The SMILES string of the molecule is O=C(Cn1ncn(-c2ccccc2)c1=O)NNC(=O)NS(=O)(=O)c1ccccc1. The highest BCUT2D eigenvalue weighted by atomic mass is 32.2. The fourth-order valence-corrected chi connectivity index (χ4v) is 3.25. The van der Waals surface area contributed by atoms with Crippen molar-refractivity contribution in [2.45, 2.75) is 11.4 Å². The Morgan fingerprint density at radius 1 is 0.931 bits per heavy atom. The molecule has 0 atom stereocenters. The lowest BCUT2D eigenvalue weighted by Gasteiger charge is -2.09. The van der Waals surface area contributed by atoms with Crippen molar-refractivity contribution < 1.29 is 18.0 Å². The topological polar surface area (TPSA) is 144 Å². The molecular formula is C17H16N6O5S. The molecule has 3 rings (SSSR count). The third-order valence-corrected chi connectivity index (χ3v) is 5.00. The Balaban J connectivity index is 1.56. The molecule has 0 radical (unpaired) electrons. The van der Waals surface area contributed by atoms with E-state index in [1.807, 2.05) is 10.9 Å². The number of nitrogens with zero attached hydrogens (tertiary/aromatic N) is 3. The number of para-hydroxylation sites is 1. The average molecular weight is 416 g/mol. The number of sulfonamides is 1. The molecule has 2 aromatic carbocycles. The van der Waals surface area contributed by atoms with E-state index in [2.05, 4.69) is 5.10 Å². The largest absolute Gasteiger partial charge is 0.350 e. The predicted octanol–water partition coefficient (Wildman–Crippen LogP) is -0.247. The lowest BCUT2D eigenvalue weighted by Crippen LogP contribution is -2.49. The third-order valence-electron chi connectivity index (χ3n) is 3.66. The monoisotopic (exact) mass is 416 g/mol. The van der Waals surface area contributed by atoms with Crippen LogP contribution in [0.1, 0.15) is 0 Å². The fraction of sp³-hybridized carbons (Fsp3) is 0.0588. The number of carbonyl (C=O) groups excluding carboxylic acids is 2. The minimum absolute atomic E-state index is 0.112. The zero-order valence-corrected chi connectivity index (χ0v) is 15.7. The molecule has 1 heterocycles. The van der Waals surface area contributed by atoms with Gasteiger partial charge in [0.2, 0.25) is 0 Å². The number of carbonyl (C=O) groups is 2. The molecule has 0 aliphatic carbocycles. The van der Waals surface area contributed by atoms with E-state index in [1.54, 1.807) is 41.1 Å². The van der Waals surface area contributed by atoms with Crippen LogP contribution < -0.4 is 21.3 Å². The van der Waals surface area contributed by atoms with Crippen LogP contribution in [0.15, 0.2) is 76.7 Å². The minimum atomic E-state index is -4.08. The van der Waals surface area contributed by atoms with Crippen molar-refractivity contribution >= 4 is 22.0 Å². The maximum Gasteiger partial charge on any atom is 0.350 e. The molecule has 11 nitrogen and oxygen atoms in total. The van der Waals surface area contributed by atoms with Gasteiger partial charge in [-0.15, -0.1) is 0 Å². The highest BCUT2D eigenvalue weighted by Crippen LogP contribution is 2.06. The summed E-state index contributed by atoms with van der Waals surface area (Å²) in [5.41, 5.74) is 3.94. The molecule has 0 saturated heterocycles. The number of hydrogen-bond acceptors (Lipinski definition) is 6. The molecule has 150 valence electrons. The number of benzene rings is 2. The van der Waals surface area contributed by atoms with Gasteiger partial charge in [-0.1, -0.05) is 36.4 Å². The molecule has 3 N–H and O–H groups in total. The van der Waals surface area contributed by atoms with Gasteiger partial charge < -0.3 is 0 Å². The first-order valence-electron chi connectivity index (χ1n) is 8.23. The lowest BCUT2D eigenvalue weighted by molar-refractivity contribution is -0.122. The van der Waals surface area contributed by atoms with Crippen LogP contribution in [-0.4, -0.2) is 34.7 Å². The standard InChI is InChI=1S/C17H16N6O5S/c24-15(11-23-17(26)22(12-18-23)13-7-3-1-4-8-13)19-20-16(25)21-29(27,28)14-9-5-2-6-10-14/h1-10,12H,11H2,(H,19,24)(H2,20,21,25). The van der Waals surface area contributed by atoms with Crippen LogP contribution in [0, 0.1) is 0 Å². The quantitative estimate of drug-likeness (QED) is 0.490. The maximum atomic E-state index is 12.3. The molecule has 0 saturated carbocycles. The average Bonchev–Trinajstić information content (AvgIpc) is 3.07. The smallest absolute Gasteiger partial charge is 0.271 e. The van der Waals surface area contributed by atoms with E-state index in [-0.39, 0.29) is 4.90 Å². The highest BCUT2D eigenvalue weighted by Gasteiger charge is 2.17. The molecule has 0 unspecified atom stereocenters. The molecule has 3 amide bonds. The van der Waals surface area contributed by atoms with E-state index < -0.39 is 34.2 Å². The Morgan fingerprint density at radius 3 is 2.21 bits per heavy atom. The number of hydrazine groups is 1. The summed E-state index contributed by atoms with van der Waals surface area (Å²) in [6, 6.07) is 14.8. The number of urea groups is 1. The summed E-state index contributed by atoms with van der Waals surface area (Å²) in [5, 5.41) is 3.84. The summed E-state index contributed by atoms with van der Waals surface area (Å²) >= 11 is 0. The van der Waals surface area contributed by atoms with Gasteiger partial charge >= 0.3 is 11.7 Å². The van der Waals surface area contributed by atoms with Crippen LogP contribution in [0.5, 0.6) is 0 Å². The minimum Gasteiger partial charge on any atom is -0.271 e. The number of amides is 3. The Bertz CT molecular complexity index is 1170. The van der Waals surface area contributed by atoms with Gasteiger partial charge in [-0.2, -0.15) is 5.10 Å². The highest BCUT2D eigenvalue weighted by molar-refractivity contribution is 7.90. The van der Waals surface area contributed by atoms with Crippen molar-refractivity contribution in [1.82, 2.24) is 29.9 Å². The van der Waals surface area contributed by atoms with Gasteiger partial charge in [-0.05, 0) is 24.3 Å². The molecule has 12 heteroatoms. The summed E-state index contributed by atoms with van der Waals surface area (Å²) in [6.07, 6.45) is 1.26. The van der Waals surface area contributed by atoms with Crippen LogP contribution in [0.2, 0.25) is 0 Å². The first kappa shape index (κ1) is 19.8. The van der Waals surface area contributed by atoms with E-state index in [9.17, 15) is 22.8 Å². The maximum absolute atomic E-state index is 12.3. The number of aromatic nitrogens is 3. The van der Waals surface area contributed by atoms with E-state index in [0.717, 1.165) is 4.68 Å². The Morgan fingerprint density at radius 2 is 1.55 bits per heavy atom. The zero-order valence-electron chi connectivity index (χ0n) is 14.8. The van der Waals surface area contributed by atoms with E-state index in [0.29, 0.717) is 5.69 Å². The van der Waals surface area contributed by atoms with Crippen LogP contribution in [-0.2, 0) is 21.4 Å². The van der Waals surface area contributed by atoms with Gasteiger partial charge in [0, 0.05) is 0 Å². The zero-order chi connectivity index (χ0) is 20.9. The van der Waals surface area contributed by atoms with Gasteiger partial charge in [-0.25, -0.2) is 37.4 Å². The predicted molar refractivity (Wildman–Crippen MR) is 101 cm³/mol. The van der Waals surface area contributed by atoms with Crippen LogP contribution in [0.25, 0.3) is 5.69 Å². The van der Waals surface area contributed by atoms with Gasteiger partial charge in [0.15, 0.2) is 0 Å². The first-order chi connectivity index (χ1) is 13.9. The van der Waals surface area contributed by atoms with E-state index in [4.69, 9.17) is 0 Å². The number of nitrogens with one attached hydrogen (secondary N) is 3. The molecular weight excluding hydrogens is 400 g/mol. The second-order valence-electron chi connectivity index (χ2n) is 5.70. The lowest BCUT2D eigenvalue weighted by atomic mass is 10.3. The number of hydrogen-bond donors (Lipinski definition) is 3. The Labute approximate surface area is 165 Å². The van der Waals surface area contributed by atoms with Crippen molar-refractivity contribution in [2.75, 3.05) is 0 Å². The van der Waals surface area contributed by atoms with Crippen LogP contribution in [0.3, 0.4) is 0 Å². The fourth-order valence-electron chi connectivity index (χ4n) is 2.32. The van der Waals surface area contributed by atoms with Crippen LogP contribution >= 0.6 is 0 Å². The summed E-state index contributed by atoms with van der Waals surface area (Å²) in [4.78, 5) is 35.9. The third kappa shape index (κ3) is 4.87. The molecule has 0 aliphatic heterocycles. The normalized spacial score (nSPS) is 10.9. The molecule has 0 bridgehead atoms. The van der Waals surface area contributed by atoms with Crippen molar-refractivity contribution in [3.05, 3.63) is 77.5 Å². The van der Waals surface area contributed by atoms with Crippen molar-refractivity contribution in [3.63, 3.8) is 0 Å². The number of rotatable bonds is 5. The summed E-state index contributed by atoms with van der Waals surface area (Å²) in [6.45, 7) is -0.482. The van der Waals surface area contributed by atoms with Gasteiger partial charge in [0.25, 0.3) is 15.9 Å². The van der Waals surface area contributed by atoms with Crippen molar-refractivity contribution in [2.24, 2.45) is 0 Å². The Kier molecular flexibility index (Phi) is 5.74. The van der Waals surface area contributed by atoms with E-state index >= 15 is 0 Å². The summed E-state index contributed by atoms with van der Waals surface area (Å²) in [7, 11) is -4.08. The van der Waals surface area contributed by atoms with Gasteiger partial charge in [0.1, 0.15) is 12.9 Å². The van der Waals surface area contributed by atoms with Gasteiger partial charge in [0.05, 0.1) is 10.6 Å². The molecule has 1 aromatic heterocycles. The second-order valence-corrected chi connectivity index (χ2v) is 7.38. The van der Waals surface area contributed by atoms with Crippen molar-refractivity contribution in [3.8, 4) is 5.69 Å². The molecule has 3 aromatic rings. The molecule has 29 heavy (non-hydrogen) atoms. The molecule has 0 aliphatic rings. The Hall–Kier alpha value is -3.93. The van der Waals surface area contributed by atoms with Crippen molar-refractivity contribution in [1.29, 1.82) is 0 Å². The summed E-state index contributed by atoms with van der Waals surface area (Å²) in [5.74, 6) is -0.780. The molecule has 0 fully saturated rings. The van der Waals surface area contributed by atoms with Crippen LogP contribution in [0.4, 0.5) is 4.79 Å². The first-order valence-corrected chi connectivity index (χ1v) is 9.72. The summed E-state index contributed by atoms with van der Waals surface area (Å²) < 4.78 is 27.9. The van der Waals surface area contributed by atoms with Gasteiger partial charge in [-0.3, -0.25) is 10.2 Å². The van der Waals surface area contributed by atoms with E-state index in [1.165, 1.54) is 35.2 Å². The second kappa shape index (κ2) is 8.39.